The van der Waals surface area contributed by atoms with E-state index in [9.17, 15) is 14.7 Å². The molecule has 1 aromatic carbocycles. The van der Waals surface area contributed by atoms with Gasteiger partial charge in [-0.2, -0.15) is 0 Å². The monoisotopic (exact) mass is 353 g/mol. The first kappa shape index (κ1) is 18.4. The molecule has 7 nitrogen and oxygen atoms in total. The summed E-state index contributed by atoms with van der Waals surface area (Å²) in [6.07, 6.45) is 2.08. The smallest absolute Gasteiger partial charge is 0.261 e. The molecule has 0 saturated carbocycles. The quantitative estimate of drug-likeness (QED) is 0.832. The molecule has 1 aliphatic heterocycles. The van der Waals surface area contributed by atoms with Crippen molar-refractivity contribution in [3.63, 3.8) is 0 Å². The standard InChI is InChI=1S/C16H19N3O4.ClH/c1-23-10-4-5-11-12(7-10)18-9-19(16(11)22)8-14(21)15-13(20)3-2-6-17-15;/h4-5,7,9,13,15,17,20H,2-3,6,8H2,1H3;1H/t13-,15-;/m0./s1. The van der Waals surface area contributed by atoms with Crippen LogP contribution in [0.1, 0.15) is 12.8 Å². The molecule has 1 aliphatic rings. The van der Waals surface area contributed by atoms with Gasteiger partial charge in [-0.3, -0.25) is 14.2 Å². The van der Waals surface area contributed by atoms with E-state index in [4.69, 9.17) is 4.74 Å². The Morgan fingerprint density at radius 1 is 1.50 bits per heavy atom. The third-order valence-electron chi connectivity index (χ3n) is 4.13. The molecule has 0 aliphatic carbocycles. The van der Waals surface area contributed by atoms with Crippen LogP contribution in [0.4, 0.5) is 0 Å². The van der Waals surface area contributed by atoms with E-state index in [2.05, 4.69) is 10.3 Å². The number of aliphatic hydroxyl groups excluding tert-OH is 1. The summed E-state index contributed by atoms with van der Waals surface area (Å²) in [6.45, 7) is 0.584. The molecule has 8 heteroatoms. The van der Waals surface area contributed by atoms with Gasteiger partial charge in [-0.15, -0.1) is 12.4 Å². The lowest BCUT2D eigenvalue weighted by Crippen LogP contribution is -2.51. The van der Waals surface area contributed by atoms with Crippen LogP contribution in [0.5, 0.6) is 5.75 Å². The Hall–Kier alpha value is -1.96. The highest BCUT2D eigenvalue weighted by molar-refractivity contribution is 5.85. The fourth-order valence-corrected chi connectivity index (χ4v) is 2.84. The highest BCUT2D eigenvalue weighted by atomic mass is 35.5. The second-order valence-corrected chi connectivity index (χ2v) is 5.67. The van der Waals surface area contributed by atoms with E-state index in [-0.39, 0.29) is 30.3 Å². The summed E-state index contributed by atoms with van der Waals surface area (Å²) in [5.41, 5.74) is 0.241. The number of rotatable bonds is 4. The van der Waals surface area contributed by atoms with Gasteiger partial charge in [0.2, 0.25) is 0 Å². The van der Waals surface area contributed by atoms with Crippen molar-refractivity contribution in [2.75, 3.05) is 13.7 Å². The maximum atomic E-state index is 12.5. The number of halogens is 1. The van der Waals surface area contributed by atoms with Crippen LogP contribution in [0, 0.1) is 0 Å². The predicted octanol–water partition coefficient (Wildman–Crippen LogP) is 0.509. The van der Waals surface area contributed by atoms with Crippen LogP contribution < -0.4 is 15.6 Å². The Kier molecular flexibility index (Phi) is 5.93. The van der Waals surface area contributed by atoms with Gasteiger partial charge < -0.3 is 15.2 Å². The molecule has 3 rings (SSSR count). The average Bonchev–Trinajstić information content (AvgIpc) is 2.57. The molecule has 1 saturated heterocycles. The number of hydrogen-bond donors (Lipinski definition) is 2. The second-order valence-electron chi connectivity index (χ2n) is 5.67. The van der Waals surface area contributed by atoms with Crippen LogP contribution in [-0.4, -0.2) is 46.2 Å². The maximum Gasteiger partial charge on any atom is 0.261 e. The number of hydrogen-bond acceptors (Lipinski definition) is 6. The van der Waals surface area contributed by atoms with Crippen molar-refractivity contribution in [2.45, 2.75) is 31.5 Å². The molecular formula is C16H20ClN3O4. The Bertz CT molecular complexity index is 792. The minimum absolute atomic E-state index is 0. The highest BCUT2D eigenvalue weighted by Crippen LogP contribution is 2.16. The highest BCUT2D eigenvalue weighted by Gasteiger charge is 2.29. The number of nitrogens with zero attached hydrogens (tertiary/aromatic N) is 2. The third kappa shape index (κ3) is 3.58. The molecule has 0 spiro atoms. The number of nitrogens with one attached hydrogen (secondary N) is 1. The molecule has 2 heterocycles. The van der Waals surface area contributed by atoms with Gasteiger partial charge in [0, 0.05) is 6.07 Å². The fourth-order valence-electron chi connectivity index (χ4n) is 2.84. The number of piperidine rings is 1. The van der Waals surface area contributed by atoms with Gasteiger partial charge in [-0.1, -0.05) is 0 Å². The number of ether oxygens (including phenoxy) is 1. The lowest BCUT2D eigenvalue weighted by molar-refractivity contribution is -0.125. The van der Waals surface area contributed by atoms with Crippen molar-refractivity contribution < 1.29 is 14.6 Å². The summed E-state index contributed by atoms with van der Waals surface area (Å²) >= 11 is 0. The molecule has 2 aromatic rings. The van der Waals surface area contributed by atoms with E-state index < -0.39 is 12.1 Å². The topological polar surface area (TPSA) is 93.5 Å². The van der Waals surface area contributed by atoms with Gasteiger partial charge in [0.15, 0.2) is 5.78 Å². The van der Waals surface area contributed by atoms with Crippen LogP contribution in [0.3, 0.4) is 0 Å². The van der Waals surface area contributed by atoms with Crippen molar-refractivity contribution in [3.05, 3.63) is 34.9 Å². The molecule has 24 heavy (non-hydrogen) atoms. The SMILES string of the molecule is COc1ccc2c(=O)n(CC(=O)[C@H]3NCCC[C@@H]3O)cnc2c1.Cl. The van der Waals surface area contributed by atoms with Crippen LogP contribution in [0.25, 0.3) is 10.9 Å². The fraction of sp³-hybridized carbons (Fsp3) is 0.438. The minimum atomic E-state index is -0.704. The average molecular weight is 354 g/mol. The van der Waals surface area contributed by atoms with E-state index in [0.717, 1.165) is 6.42 Å². The van der Waals surface area contributed by atoms with E-state index in [1.807, 2.05) is 0 Å². The summed E-state index contributed by atoms with van der Waals surface area (Å²) in [7, 11) is 1.55. The van der Waals surface area contributed by atoms with Crippen LogP contribution in [0.2, 0.25) is 0 Å². The van der Waals surface area contributed by atoms with E-state index in [1.54, 1.807) is 25.3 Å². The van der Waals surface area contributed by atoms with Gasteiger partial charge in [0.05, 0.1) is 43.0 Å². The Labute approximate surface area is 145 Å². The van der Waals surface area contributed by atoms with Crippen molar-refractivity contribution in [1.82, 2.24) is 14.9 Å². The van der Waals surface area contributed by atoms with Crippen LogP contribution >= 0.6 is 12.4 Å². The number of fused-ring (bicyclic) bond motifs is 1. The van der Waals surface area contributed by atoms with E-state index in [0.29, 0.717) is 29.6 Å². The molecule has 1 fully saturated rings. The summed E-state index contributed by atoms with van der Waals surface area (Å²) in [5.74, 6) is 0.404. The number of methoxy groups -OCH3 is 1. The lowest BCUT2D eigenvalue weighted by atomic mass is 9.98. The predicted molar refractivity (Wildman–Crippen MR) is 91.8 cm³/mol. The van der Waals surface area contributed by atoms with Crippen molar-refractivity contribution in [1.29, 1.82) is 0 Å². The second kappa shape index (κ2) is 7.74. The number of benzene rings is 1. The number of ketones is 1. The van der Waals surface area contributed by atoms with Crippen LogP contribution in [-0.2, 0) is 11.3 Å². The molecule has 130 valence electrons. The molecule has 0 unspecified atom stereocenters. The molecule has 0 bridgehead atoms. The normalized spacial score (nSPS) is 20.4. The molecular weight excluding hydrogens is 334 g/mol. The van der Waals surface area contributed by atoms with Gasteiger partial charge >= 0.3 is 0 Å². The zero-order valence-corrected chi connectivity index (χ0v) is 14.1. The number of aliphatic hydroxyl groups is 1. The Morgan fingerprint density at radius 2 is 2.29 bits per heavy atom. The number of Topliss-reactive ketones (excluding diaryl/α,β-unsaturated/α-hetero) is 1. The largest absolute Gasteiger partial charge is 0.497 e. The molecule has 0 radical (unpaired) electrons. The third-order valence-corrected chi connectivity index (χ3v) is 4.13. The van der Waals surface area contributed by atoms with Crippen molar-refractivity contribution in [2.24, 2.45) is 0 Å². The van der Waals surface area contributed by atoms with Crippen molar-refractivity contribution in [3.8, 4) is 5.75 Å². The number of carbonyl (C=O) groups is 1. The molecule has 2 N–H and O–H groups in total. The molecule has 2 atom stereocenters. The summed E-state index contributed by atoms with van der Waals surface area (Å²) in [6, 6.07) is 4.37. The van der Waals surface area contributed by atoms with Gasteiger partial charge in [-0.25, -0.2) is 4.98 Å². The zero-order chi connectivity index (χ0) is 16.4. The first-order chi connectivity index (χ1) is 11.1. The lowest BCUT2D eigenvalue weighted by Gasteiger charge is -2.27. The zero-order valence-electron chi connectivity index (χ0n) is 13.3. The molecule has 1 aromatic heterocycles. The molecule has 0 amide bonds. The number of aromatic nitrogens is 2. The first-order valence-corrected chi connectivity index (χ1v) is 7.57. The summed E-state index contributed by atoms with van der Waals surface area (Å²) < 4.78 is 6.39. The number of carbonyl (C=O) groups excluding carboxylic acids is 1. The Balaban J connectivity index is 0.00000208. The maximum absolute atomic E-state index is 12.5. The van der Waals surface area contributed by atoms with Crippen molar-refractivity contribution >= 4 is 29.1 Å². The van der Waals surface area contributed by atoms with Gasteiger partial charge in [0.25, 0.3) is 5.56 Å². The summed E-state index contributed by atoms with van der Waals surface area (Å²) in [5, 5.41) is 13.4. The first-order valence-electron chi connectivity index (χ1n) is 7.57. The Morgan fingerprint density at radius 3 is 3.00 bits per heavy atom. The van der Waals surface area contributed by atoms with E-state index in [1.165, 1.54) is 10.9 Å². The summed E-state index contributed by atoms with van der Waals surface area (Å²) in [4.78, 5) is 29.0. The van der Waals surface area contributed by atoms with Gasteiger partial charge in [0.1, 0.15) is 5.75 Å². The minimum Gasteiger partial charge on any atom is -0.497 e. The van der Waals surface area contributed by atoms with Gasteiger partial charge in [-0.05, 0) is 31.5 Å². The van der Waals surface area contributed by atoms with E-state index >= 15 is 0 Å². The van der Waals surface area contributed by atoms with Crippen LogP contribution in [0.15, 0.2) is 29.3 Å².